The van der Waals surface area contributed by atoms with Crippen LogP contribution in [-0.4, -0.2) is 5.78 Å². The van der Waals surface area contributed by atoms with Crippen LogP contribution in [0.15, 0.2) is 72.8 Å². The van der Waals surface area contributed by atoms with Crippen molar-refractivity contribution in [3.63, 3.8) is 0 Å². The highest BCUT2D eigenvalue weighted by Gasteiger charge is 2.27. The molecule has 0 aromatic heterocycles. The third-order valence-corrected chi connectivity index (χ3v) is 4.85. The molecule has 1 nitrogen and oxygen atoms in total. The summed E-state index contributed by atoms with van der Waals surface area (Å²) in [4.78, 5) is 13.5. The van der Waals surface area contributed by atoms with E-state index in [9.17, 15) is 22.4 Å². The van der Waals surface area contributed by atoms with Crippen molar-refractivity contribution in [2.75, 3.05) is 0 Å². The molecule has 0 N–H and O–H groups in total. The second kappa shape index (κ2) is 7.08. The number of alkyl halides is 4. The molecule has 0 fully saturated rings. The Morgan fingerprint density at radius 1 is 0.571 bits per heavy atom. The van der Waals surface area contributed by atoms with Gasteiger partial charge in [-0.15, -0.1) is 0 Å². The number of benzene rings is 4. The quantitative estimate of drug-likeness (QED) is 0.272. The van der Waals surface area contributed by atoms with Gasteiger partial charge in [0, 0.05) is 22.3 Å². The molecule has 0 bridgehead atoms. The summed E-state index contributed by atoms with van der Waals surface area (Å²) in [7, 11) is 0. The van der Waals surface area contributed by atoms with E-state index in [4.69, 9.17) is 0 Å². The number of ketones is 1. The fraction of sp³-hybridized carbons (Fsp3) is 0.0870. The molecule has 0 atom stereocenters. The first kappa shape index (κ1) is 18.2. The maximum absolute atomic E-state index is 13.7. The molecule has 4 aromatic rings. The minimum Gasteiger partial charge on any atom is -0.289 e. The normalized spacial score (nSPS) is 11.6. The van der Waals surface area contributed by atoms with Gasteiger partial charge in [-0.25, -0.2) is 17.6 Å². The van der Waals surface area contributed by atoms with Crippen molar-refractivity contribution in [1.29, 1.82) is 0 Å². The molecule has 0 aliphatic heterocycles. The van der Waals surface area contributed by atoms with Crippen LogP contribution < -0.4 is 0 Å². The molecule has 0 heterocycles. The minimum atomic E-state index is -2.91. The molecular weight excluding hydrogens is 368 g/mol. The standard InChI is InChI=1S/C23H14F4O/c24-22(25)17-11-9-13-5-1-3-7-15(13)19(17)21(28)20-16-8-4-2-6-14(16)10-12-18(20)23(26)27/h1-12,22-23H. The van der Waals surface area contributed by atoms with Crippen LogP contribution in [0.2, 0.25) is 0 Å². The van der Waals surface area contributed by atoms with E-state index in [1.165, 1.54) is 24.3 Å². The Labute approximate surface area is 158 Å². The fourth-order valence-corrected chi connectivity index (χ4v) is 3.57. The average molecular weight is 382 g/mol. The van der Waals surface area contributed by atoms with Gasteiger partial charge in [0.25, 0.3) is 12.9 Å². The molecule has 0 saturated heterocycles. The largest absolute Gasteiger partial charge is 0.289 e. The topological polar surface area (TPSA) is 17.1 Å². The van der Waals surface area contributed by atoms with Gasteiger partial charge in [0.05, 0.1) is 0 Å². The van der Waals surface area contributed by atoms with Crippen molar-refractivity contribution in [3.05, 3.63) is 95.1 Å². The van der Waals surface area contributed by atoms with Crippen molar-refractivity contribution in [1.82, 2.24) is 0 Å². The number of hydrogen-bond donors (Lipinski definition) is 0. The zero-order chi connectivity index (χ0) is 19.8. The average Bonchev–Trinajstić information content (AvgIpc) is 2.71. The molecule has 0 amide bonds. The third-order valence-electron chi connectivity index (χ3n) is 4.85. The first-order valence-corrected chi connectivity index (χ1v) is 8.63. The van der Waals surface area contributed by atoms with Crippen molar-refractivity contribution < 1.29 is 22.4 Å². The van der Waals surface area contributed by atoms with E-state index in [0.717, 1.165) is 0 Å². The van der Waals surface area contributed by atoms with Crippen molar-refractivity contribution in [3.8, 4) is 0 Å². The number of halogens is 4. The van der Waals surface area contributed by atoms with Crippen molar-refractivity contribution in [2.45, 2.75) is 12.9 Å². The van der Waals surface area contributed by atoms with E-state index in [2.05, 4.69) is 0 Å². The van der Waals surface area contributed by atoms with Gasteiger partial charge in [0.1, 0.15) is 0 Å². The SMILES string of the molecule is O=C(c1c(C(F)F)ccc2ccccc12)c1c(C(F)F)ccc2ccccc12. The summed E-state index contributed by atoms with van der Waals surface area (Å²) in [5.41, 5.74) is -1.38. The number of carbonyl (C=O) groups is 1. The Balaban J connectivity index is 2.09. The highest BCUT2D eigenvalue weighted by Crippen LogP contribution is 2.36. The molecule has 4 rings (SSSR count). The Morgan fingerprint density at radius 3 is 1.36 bits per heavy atom. The van der Waals surface area contributed by atoms with Gasteiger partial charge >= 0.3 is 0 Å². The first-order chi connectivity index (χ1) is 13.5. The van der Waals surface area contributed by atoms with Crippen LogP contribution >= 0.6 is 0 Å². The van der Waals surface area contributed by atoms with Gasteiger partial charge in [-0.3, -0.25) is 4.79 Å². The highest BCUT2D eigenvalue weighted by molar-refractivity contribution is 6.23. The van der Waals surface area contributed by atoms with Crippen LogP contribution in [0.1, 0.15) is 39.9 Å². The van der Waals surface area contributed by atoms with E-state index < -0.39 is 29.8 Å². The molecule has 0 radical (unpaired) electrons. The second-order valence-electron chi connectivity index (χ2n) is 6.43. The van der Waals surface area contributed by atoms with E-state index >= 15 is 0 Å². The van der Waals surface area contributed by atoms with Crippen LogP contribution in [0.4, 0.5) is 17.6 Å². The maximum Gasteiger partial charge on any atom is 0.264 e. The molecule has 0 aliphatic carbocycles. The predicted octanol–water partition coefficient (Wildman–Crippen LogP) is 7.10. The first-order valence-electron chi connectivity index (χ1n) is 8.63. The second-order valence-corrected chi connectivity index (χ2v) is 6.43. The van der Waals surface area contributed by atoms with Crippen LogP contribution in [0, 0.1) is 0 Å². The van der Waals surface area contributed by atoms with Crippen molar-refractivity contribution in [2.24, 2.45) is 0 Å². The van der Waals surface area contributed by atoms with Gasteiger partial charge in [0.15, 0.2) is 5.78 Å². The number of carbonyl (C=O) groups excluding carboxylic acids is 1. The van der Waals surface area contributed by atoms with E-state index in [-0.39, 0.29) is 11.1 Å². The van der Waals surface area contributed by atoms with Crippen LogP contribution in [0.3, 0.4) is 0 Å². The number of hydrogen-bond acceptors (Lipinski definition) is 1. The highest BCUT2D eigenvalue weighted by atomic mass is 19.3. The molecule has 4 aromatic carbocycles. The lowest BCUT2D eigenvalue weighted by Gasteiger charge is -2.16. The van der Waals surface area contributed by atoms with Crippen molar-refractivity contribution >= 4 is 27.3 Å². The summed E-state index contributed by atoms with van der Waals surface area (Å²) >= 11 is 0. The zero-order valence-corrected chi connectivity index (χ0v) is 14.5. The number of fused-ring (bicyclic) bond motifs is 2. The molecule has 28 heavy (non-hydrogen) atoms. The maximum atomic E-state index is 13.7. The molecule has 140 valence electrons. The lowest BCUT2D eigenvalue weighted by atomic mass is 9.88. The Morgan fingerprint density at radius 2 is 0.964 bits per heavy atom. The predicted molar refractivity (Wildman–Crippen MR) is 101 cm³/mol. The van der Waals surface area contributed by atoms with Gasteiger partial charge in [-0.05, 0) is 21.5 Å². The van der Waals surface area contributed by atoms with Gasteiger partial charge in [-0.1, -0.05) is 72.8 Å². The third kappa shape index (κ3) is 2.93. The lowest BCUT2D eigenvalue weighted by Crippen LogP contribution is -2.11. The lowest BCUT2D eigenvalue weighted by molar-refractivity contribution is 0.101. The smallest absolute Gasteiger partial charge is 0.264 e. The summed E-state index contributed by atoms with van der Waals surface area (Å²) in [6, 6.07) is 18.6. The Hall–Kier alpha value is -3.21. The minimum absolute atomic E-state index is 0.230. The monoisotopic (exact) mass is 382 g/mol. The van der Waals surface area contributed by atoms with E-state index in [1.807, 2.05) is 0 Å². The van der Waals surface area contributed by atoms with Gasteiger partial charge in [0.2, 0.25) is 0 Å². The van der Waals surface area contributed by atoms with Crippen LogP contribution in [0.25, 0.3) is 21.5 Å². The summed E-state index contributed by atoms with van der Waals surface area (Å²) in [5, 5.41) is 1.82. The molecule has 0 aliphatic rings. The van der Waals surface area contributed by atoms with E-state index in [0.29, 0.717) is 21.5 Å². The summed E-state index contributed by atoms with van der Waals surface area (Å²) in [6.07, 6.45) is -5.82. The zero-order valence-electron chi connectivity index (χ0n) is 14.5. The molecule has 0 unspecified atom stereocenters. The van der Waals surface area contributed by atoms with E-state index in [1.54, 1.807) is 48.5 Å². The van der Waals surface area contributed by atoms with Gasteiger partial charge in [-0.2, -0.15) is 0 Å². The fourth-order valence-electron chi connectivity index (χ4n) is 3.57. The Bertz CT molecular complexity index is 1100. The molecule has 5 heteroatoms. The van der Waals surface area contributed by atoms with Crippen LogP contribution in [-0.2, 0) is 0 Å². The summed E-state index contributed by atoms with van der Waals surface area (Å²) < 4.78 is 54.8. The van der Waals surface area contributed by atoms with Gasteiger partial charge < -0.3 is 0 Å². The molecule has 0 spiro atoms. The number of rotatable bonds is 4. The Kier molecular flexibility index (Phi) is 4.59. The summed E-state index contributed by atoms with van der Waals surface area (Å²) in [6.45, 7) is 0. The summed E-state index contributed by atoms with van der Waals surface area (Å²) in [5.74, 6) is -0.820. The molecule has 0 saturated carbocycles. The van der Waals surface area contributed by atoms with Crippen LogP contribution in [0.5, 0.6) is 0 Å². The molecular formula is C23H14F4O.